The maximum absolute atomic E-state index is 10.7. The van der Waals surface area contributed by atoms with E-state index < -0.39 is 0 Å². The van der Waals surface area contributed by atoms with E-state index in [-0.39, 0.29) is 12.1 Å². The van der Waals surface area contributed by atoms with Crippen LogP contribution in [-0.4, -0.2) is 18.6 Å². The zero-order chi connectivity index (χ0) is 8.69. The van der Waals surface area contributed by atoms with Crippen LogP contribution < -0.4 is 10.6 Å². The Morgan fingerprint density at radius 2 is 2.36 bits per heavy atom. The van der Waals surface area contributed by atoms with E-state index in [0.29, 0.717) is 0 Å². The number of rotatable bonds is 5. The predicted octanol–water partition coefficient (Wildman–Crippen LogP) is 0.634. The molecule has 0 spiro atoms. The summed E-state index contributed by atoms with van der Waals surface area (Å²) in [6.07, 6.45) is 2.36. The first-order valence-corrected chi connectivity index (χ1v) is 3.87. The lowest BCUT2D eigenvalue weighted by Crippen LogP contribution is -2.42. The van der Waals surface area contributed by atoms with Crippen molar-refractivity contribution in [3.63, 3.8) is 0 Å². The van der Waals surface area contributed by atoms with Crippen molar-refractivity contribution in [3.8, 4) is 0 Å². The van der Waals surface area contributed by atoms with Crippen molar-refractivity contribution in [2.75, 3.05) is 6.54 Å². The molecular formula is C8H16N2O. The van der Waals surface area contributed by atoms with Crippen molar-refractivity contribution < 1.29 is 4.79 Å². The van der Waals surface area contributed by atoms with Gasteiger partial charge >= 0.3 is 0 Å². The highest BCUT2D eigenvalue weighted by Crippen LogP contribution is 1.77. The molecule has 64 valence electrons. The molecule has 0 aliphatic carbocycles. The Morgan fingerprint density at radius 3 is 2.82 bits per heavy atom. The fourth-order valence-electron chi connectivity index (χ4n) is 0.684. The third-order valence-corrected chi connectivity index (χ3v) is 1.24. The molecule has 0 aliphatic heterocycles. The summed E-state index contributed by atoms with van der Waals surface area (Å²) in [5.41, 5.74) is 0. The molecular weight excluding hydrogens is 140 g/mol. The Bertz CT molecular complexity index is 134. The second-order valence-corrected chi connectivity index (χ2v) is 2.39. The van der Waals surface area contributed by atoms with Gasteiger partial charge in [0.25, 0.3) is 0 Å². The van der Waals surface area contributed by atoms with E-state index in [1.807, 2.05) is 6.92 Å². The van der Waals surface area contributed by atoms with Gasteiger partial charge in [0.15, 0.2) is 0 Å². The summed E-state index contributed by atoms with van der Waals surface area (Å²) in [4.78, 5) is 10.7. The Kier molecular flexibility index (Phi) is 5.47. The number of nitrogens with one attached hydrogen (secondary N) is 2. The molecule has 3 heteroatoms. The molecule has 0 aliphatic rings. The smallest absolute Gasteiger partial charge is 0.244 e. The zero-order valence-electron chi connectivity index (χ0n) is 7.18. The highest BCUT2D eigenvalue weighted by atomic mass is 16.1. The highest BCUT2D eigenvalue weighted by Gasteiger charge is 2.00. The second kappa shape index (κ2) is 5.92. The maximum atomic E-state index is 10.7. The molecule has 0 heterocycles. The Hall–Kier alpha value is -0.830. The van der Waals surface area contributed by atoms with E-state index in [2.05, 4.69) is 24.1 Å². The van der Waals surface area contributed by atoms with E-state index in [1.54, 1.807) is 0 Å². The van der Waals surface area contributed by atoms with Crippen LogP contribution in [-0.2, 0) is 4.79 Å². The van der Waals surface area contributed by atoms with Crippen LogP contribution in [0, 0.1) is 0 Å². The van der Waals surface area contributed by atoms with Gasteiger partial charge in [-0.3, -0.25) is 10.1 Å². The van der Waals surface area contributed by atoms with Crippen LogP contribution in [0.25, 0.3) is 0 Å². The summed E-state index contributed by atoms with van der Waals surface area (Å²) in [5, 5.41) is 5.81. The Labute approximate surface area is 67.9 Å². The lowest BCUT2D eigenvalue weighted by atomic mass is 10.4. The van der Waals surface area contributed by atoms with E-state index in [1.165, 1.54) is 6.08 Å². The predicted molar refractivity (Wildman–Crippen MR) is 46.1 cm³/mol. The van der Waals surface area contributed by atoms with Crippen LogP contribution in [0.3, 0.4) is 0 Å². The fraction of sp³-hybridized carbons (Fsp3) is 0.625. The standard InChI is InChI=1S/C8H16N2O/c1-4-6-9-7(3)10-8(11)5-2/h5,7,9H,2,4,6H2,1,3H3,(H,10,11). The molecule has 3 nitrogen and oxygen atoms in total. The zero-order valence-corrected chi connectivity index (χ0v) is 7.18. The molecule has 0 bridgehead atoms. The first-order valence-electron chi connectivity index (χ1n) is 3.87. The van der Waals surface area contributed by atoms with Gasteiger partial charge in [0.05, 0.1) is 6.17 Å². The van der Waals surface area contributed by atoms with Gasteiger partial charge in [0, 0.05) is 0 Å². The normalized spacial score (nSPS) is 12.2. The fourth-order valence-corrected chi connectivity index (χ4v) is 0.684. The van der Waals surface area contributed by atoms with E-state index in [4.69, 9.17) is 0 Å². The van der Waals surface area contributed by atoms with Crippen molar-refractivity contribution in [2.45, 2.75) is 26.4 Å². The van der Waals surface area contributed by atoms with Crippen LogP contribution in [0.5, 0.6) is 0 Å². The molecule has 1 unspecified atom stereocenters. The molecule has 1 atom stereocenters. The van der Waals surface area contributed by atoms with Crippen molar-refractivity contribution in [3.05, 3.63) is 12.7 Å². The third-order valence-electron chi connectivity index (χ3n) is 1.24. The van der Waals surface area contributed by atoms with Gasteiger partial charge < -0.3 is 5.32 Å². The number of hydrogen-bond acceptors (Lipinski definition) is 2. The lowest BCUT2D eigenvalue weighted by molar-refractivity contribution is -0.117. The average molecular weight is 156 g/mol. The molecule has 0 aromatic rings. The van der Waals surface area contributed by atoms with Gasteiger partial charge in [0.2, 0.25) is 5.91 Å². The first-order chi connectivity index (χ1) is 5.20. The lowest BCUT2D eigenvalue weighted by Gasteiger charge is -2.13. The minimum Gasteiger partial charge on any atom is -0.338 e. The van der Waals surface area contributed by atoms with E-state index in [9.17, 15) is 4.79 Å². The largest absolute Gasteiger partial charge is 0.338 e. The van der Waals surface area contributed by atoms with E-state index in [0.717, 1.165) is 13.0 Å². The van der Waals surface area contributed by atoms with Gasteiger partial charge in [-0.25, -0.2) is 0 Å². The molecule has 2 N–H and O–H groups in total. The summed E-state index contributed by atoms with van der Waals surface area (Å²) in [7, 11) is 0. The molecule has 11 heavy (non-hydrogen) atoms. The number of carbonyl (C=O) groups is 1. The van der Waals surface area contributed by atoms with Gasteiger partial charge in [-0.2, -0.15) is 0 Å². The summed E-state index contributed by atoms with van der Waals surface area (Å²) in [6.45, 7) is 8.25. The topological polar surface area (TPSA) is 41.1 Å². The Balaban J connectivity index is 3.43. The Morgan fingerprint density at radius 1 is 1.73 bits per heavy atom. The molecule has 0 rings (SSSR count). The molecule has 0 saturated heterocycles. The molecule has 0 saturated carbocycles. The summed E-state index contributed by atoms with van der Waals surface area (Å²) in [5.74, 6) is -0.138. The van der Waals surface area contributed by atoms with Gasteiger partial charge in [-0.05, 0) is 26.0 Å². The molecule has 0 aromatic carbocycles. The maximum Gasteiger partial charge on any atom is 0.244 e. The minimum absolute atomic E-state index is 0.0282. The summed E-state index contributed by atoms with van der Waals surface area (Å²) < 4.78 is 0. The summed E-state index contributed by atoms with van der Waals surface area (Å²) in [6, 6.07) is 0. The minimum atomic E-state index is -0.138. The third kappa shape index (κ3) is 5.61. The van der Waals surface area contributed by atoms with Gasteiger partial charge in [-0.15, -0.1) is 0 Å². The second-order valence-electron chi connectivity index (χ2n) is 2.39. The van der Waals surface area contributed by atoms with Crippen molar-refractivity contribution in [1.29, 1.82) is 0 Å². The molecule has 0 radical (unpaired) electrons. The molecule has 0 fully saturated rings. The SMILES string of the molecule is C=CC(=O)NC(C)NCCC. The highest BCUT2D eigenvalue weighted by molar-refractivity contribution is 5.86. The van der Waals surface area contributed by atoms with Crippen molar-refractivity contribution in [1.82, 2.24) is 10.6 Å². The van der Waals surface area contributed by atoms with Crippen molar-refractivity contribution >= 4 is 5.91 Å². The quantitative estimate of drug-likeness (QED) is 0.453. The van der Waals surface area contributed by atoms with Crippen molar-refractivity contribution in [2.24, 2.45) is 0 Å². The molecule has 0 aromatic heterocycles. The number of hydrogen-bond donors (Lipinski definition) is 2. The van der Waals surface area contributed by atoms with Crippen LogP contribution in [0.15, 0.2) is 12.7 Å². The molecule has 1 amide bonds. The van der Waals surface area contributed by atoms with Crippen LogP contribution >= 0.6 is 0 Å². The van der Waals surface area contributed by atoms with Crippen LogP contribution in [0.1, 0.15) is 20.3 Å². The monoisotopic (exact) mass is 156 g/mol. The average Bonchev–Trinajstić information content (AvgIpc) is 2.00. The summed E-state index contributed by atoms with van der Waals surface area (Å²) >= 11 is 0. The van der Waals surface area contributed by atoms with Crippen LogP contribution in [0.4, 0.5) is 0 Å². The van der Waals surface area contributed by atoms with Crippen LogP contribution in [0.2, 0.25) is 0 Å². The number of carbonyl (C=O) groups excluding carboxylic acids is 1. The van der Waals surface area contributed by atoms with Gasteiger partial charge in [0.1, 0.15) is 0 Å². The first kappa shape index (κ1) is 10.2. The van der Waals surface area contributed by atoms with Gasteiger partial charge in [-0.1, -0.05) is 13.5 Å². The van der Waals surface area contributed by atoms with E-state index >= 15 is 0 Å². The number of amides is 1.